The molecule has 0 aromatic heterocycles. The SMILES string of the molecule is CC(C)C(=O)OCc1ccc(NC(=O)[C@H](CCCNC(N)=O)CC(=O)[C@@H](NC(=O)[C@H](CCC(=O)O)CC(=O)CCOCCOCCOCCOCCN2C(=O)C=CC2=O)C(C)C)cc1. The number of nitrogens with zero attached hydrogens (tertiary/aromatic N) is 1. The molecule has 0 spiro atoms. The zero-order valence-electron chi connectivity index (χ0n) is 37.3. The number of benzene rings is 1. The number of ketones is 2. The van der Waals surface area contributed by atoms with Crippen molar-refractivity contribution in [3.63, 3.8) is 0 Å². The van der Waals surface area contributed by atoms with E-state index in [0.717, 1.165) is 4.90 Å². The molecule has 2 rings (SSSR count). The molecule has 6 amide bonds. The van der Waals surface area contributed by atoms with Gasteiger partial charge in [-0.2, -0.15) is 0 Å². The molecular weight excluding hydrogens is 839 g/mol. The smallest absolute Gasteiger partial charge is 0.312 e. The van der Waals surface area contributed by atoms with E-state index in [9.17, 15) is 48.3 Å². The van der Waals surface area contributed by atoms with Crippen molar-refractivity contribution < 1.29 is 71.9 Å². The number of Topliss-reactive ketones (excluding diaryl/α,β-unsaturated/α-hetero) is 2. The van der Waals surface area contributed by atoms with E-state index in [1.807, 2.05) is 0 Å². The number of esters is 1. The number of nitrogens with two attached hydrogens (primary N) is 1. The number of carbonyl (C=O) groups is 9. The van der Waals surface area contributed by atoms with Gasteiger partial charge in [0.05, 0.1) is 71.4 Å². The average molecular weight is 904 g/mol. The van der Waals surface area contributed by atoms with E-state index in [1.165, 1.54) is 12.2 Å². The van der Waals surface area contributed by atoms with E-state index < -0.39 is 53.4 Å². The summed E-state index contributed by atoms with van der Waals surface area (Å²) >= 11 is 0. The molecule has 64 heavy (non-hydrogen) atoms. The third-order valence-electron chi connectivity index (χ3n) is 9.78. The molecule has 6 N–H and O–H groups in total. The first-order chi connectivity index (χ1) is 30.5. The van der Waals surface area contributed by atoms with Crippen molar-refractivity contribution in [2.45, 2.75) is 85.3 Å². The van der Waals surface area contributed by atoms with Crippen LogP contribution in [0.1, 0.15) is 78.2 Å². The van der Waals surface area contributed by atoms with Gasteiger partial charge < -0.3 is 50.5 Å². The van der Waals surface area contributed by atoms with Gasteiger partial charge in [-0.15, -0.1) is 0 Å². The summed E-state index contributed by atoms with van der Waals surface area (Å²) < 4.78 is 27.0. The lowest BCUT2D eigenvalue weighted by molar-refractivity contribution is -0.148. The Bertz CT molecular complexity index is 1720. The second-order valence-electron chi connectivity index (χ2n) is 15.7. The van der Waals surface area contributed by atoms with Crippen LogP contribution >= 0.6 is 0 Å². The van der Waals surface area contributed by atoms with Crippen molar-refractivity contribution in [2.24, 2.45) is 29.4 Å². The molecule has 1 heterocycles. The van der Waals surface area contributed by atoms with Gasteiger partial charge in [0.2, 0.25) is 11.8 Å². The fourth-order valence-electron chi connectivity index (χ4n) is 6.15. The zero-order valence-corrected chi connectivity index (χ0v) is 37.3. The second-order valence-corrected chi connectivity index (χ2v) is 15.7. The van der Waals surface area contributed by atoms with Gasteiger partial charge in [0.1, 0.15) is 12.4 Å². The summed E-state index contributed by atoms with van der Waals surface area (Å²) in [6.07, 6.45) is 1.79. The predicted octanol–water partition coefficient (Wildman–Crippen LogP) is 2.31. The number of carboxylic acids is 1. The minimum Gasteiger partial charge on any atom is -0.481 e. The number of urea groups is 1. The molecule has 1 aliphatic rings. The maximum Gasteiger partial charge on any atom is 0.312 e. The van der Waals surface area contributed by atoms with Crippen LogP contribution in [0.4, 0.5) is 10.5 Å². The Kier molecular flexibility index (Phi) is 26.0. The summed E-state index contributed by atoms with van der Waals surface area (Å²) in [6.45, 7) is 9.04. The fraction of sp³-hybridized carbons (Fsp3) is 0.614. The molecular formula is C44H65N5O15. The fourth-order valence-corrected chi connectivity index (χ4v) is 6.15. The monoisotopic (exact) mass is 903 g/mol. The highest BCUT2D eigenvalue weighted by molar-refractivity contribution is 6.12. The summed E-state index contributed by atoms with van der Waals surface area (Å²) in [4.78, 5) is 113. The number of rotatable bonds is 35. The molecule has 1 aromatic carbocycles. The van der Waals surface area contributed by atoms with Gasteiger partial charge in [0.25, 0.3) is 11.8 Å². The van der Waals surface area contributed by atoms with Gasteiger partial charge in [0.15, 0.2) is 5.78 Å². The standard InChI is InChI=1S/C44H65N5O15/c1-29(2)40(36(51)27-32(6-5-16-46-44(45)59)41(56)47-34-10-7-31(8-11-34)28-64-43(58)30(3)4)48-42(57)33(9-14-39(54)55)26-35(50)15-18-60-20-22-62-24-25-63-23-21-61-19-17-49-37(52)12-13-38(49)53/h7-8,10-13,29-30,32-33,40H,5-6,9,14-28H2,1-4H3,(H,47,56)(H,48,57)(H,54,55)(H3,45,46,59)/t32-,33-,40+/m1/s1. The van der Waals surface area contributed by atoms with Crippen LogP contribution < -0.4 is 21.7 Å². The van der Waals surface area contributed by atoms with E-state index in [2.05, 4.69) is 16.0 Å². The number of hydrogen-bond donors (Lipinski definition) is 5. The molecule has 0 bridgehead atoms. The Balaban J connectivity index is 1.85. The molecule has 1 aliphatic heterocycles. The molecule has 20 nitrogen and oxygen atoms in total. The number of imide groups is 1. The van der Waals surface area contributed by atoms with E-state index in [-0.39, 0.29) is 127 Å². The maximum atomic E-state index is 13.8. The summed E-state index contributed by atoms with van der Waals surface area (Å²) in [5, 5.41) is 17.3. The zero-order chi connectivity index (χ0) is 47.4. The topological polar surface area (TPSA) is 285 Å². The van der Waals surface area contributed by atoms with Crippen molar-refractivity contribution >= 4 is 58.9 Å². The molecule has 356 valence electrons. The molecule has 0 saturated carbocycles. The van der Waals surface area contributed by atoms with E-state index in [0.29, 0.717) is 30.9 Å². The average Bonchev–Trinajstić information content (AvgIpc) is 3.56. The summed E-state index contributed by atoms with van der Waals surface area (Å²) in [7, 11) is 0. The van der Waals surface area contributed by atoms with Crippen LogP contribution in [-0.4, -0.2) is 135 Å². The van der Waals surface area contributed by atoms with Gasteiger partial charge >= 0.3 is 18.0 Å². The quantitative estimate of drug-likeness (QED) is 0.0371. The number of aliphatic carboxylic acids is 1. The van der Waals surface area contributed by atoms with Gasteiger partial charge in [-0.1, -0.05) is 39.8 Å². The van der Waals surface area contributed by atoms with Crippen molar-refractivity contribution in [1.29, 1.82) is 0 Å². The molecule has 20 heteroatoms. The molecule has 0 saturated heterocycles. The number of hydrogen-bond acceptors (Lipinski definition) is 14. The first-order valence-corrected chi connectivity index (χ1v) is 21.5. The summed E-state index contributed by atoms with van der Waals surface area (Å²) in [5.74, 6) is -6.79. The number of amides is 6. The van der Waals surface area contributed by atoms with E-state index >= 15 is 0 Å². The van der Waals surface area contributed by atoms with Crippen molar-refractivity contribution in [2.75, 3.05) is 71.3 Å². The highest BCUT2D eigenvalue weighted by Gasteiger charge is 2.32. The number of carbonyl (C=O) groups excluding carboxylic acids is 8. The largest absolute Gasteiger partial charge is 0.481 e. The minimum atomic E-state index is -1.16. The van der Waals surface area contributed by atoms with Crippen LogP contribution in [0.15, 0.2) is 36.4 Å². The number of carboxylic acid groups (broad SMARTS) is 1. The number of ether oxygens (including phenoxy) is 5. The molecule has 0 radical (unpaired) electrons. The molecule has 1 aromatic rings. The Morgan fingerprint density at radius 2 is 1.28 bits per heavy atom. The number of nitrogens with one attached hydrogen (secondary N) is 3. The molecule has 0 aliphatic carbocycles. The first-order valence-electron chi connectivity index (χ1n) is 21.5. The highest BCUT2D eigenvalue weighted by atomic mass is 16.6. The van der Waals surface area contributed by atoms with Gasteiger partial charge in [-0.05, 0) is 42.9 Å². The Hall–Kier alpha value is -5.57. The van der Waals surface area contributed by atoms with Crippen LogP contribution in [0.25, 0.3) is 0 Å². The summed E-state index contributed by atoms with van der Waals surface area (Å²) in [6, 6.07) is 4.84. The van der Waals surface area contributed by atoms with Crippen molar-refractivity contribution in [3.05, 3.63) is 42.0 Å². The number of primary amides is 1. The third-order valence-corrected chi connectivity index (χ3v) is 9.78. The lowest BCUT2D eigenvalue weighted by atomic mass is 9.88. The van der Waals surface area contributed by atoms with Gasteiger partial charge in [0, 0.05) is 61.9 Å². The maximum absolute atomic E-state index is 13.8. The van der Waals surface area contributed by atoms with Gasteiger partial charge in [-0.25, -0.2) is 4.79 Å². The van der Waals surface area contributed by atoms with Gasteiger partial charge in [-0.3, -0.25) is 43.3 Å². The van der Waals surface area contributed by atoms with E-state index in [4.69, 9.17) is 29.4 Å². The normalized spacial score (nSPS) is 13.8. The minimum absolute atomic E-state index is 0.0391. The lowest BCUT2D eigenvalue weighted by Crippen LogP contribution is -2.48. The number of anilines is 1. The molecule has 0 fully saturated rings. The second kappa shape index (κ2) is 30.5. The molecule has 0 unspecified atom stereocenters. The first kappa shape index (κ1) is 54.6. The van der Waals surface area contributed by atoms with Crippen LogP contribution in [-0.2, 0) is 68.6 Å². The summed E-state index contributed by atoms with van der Waals surface area (Å²) in [5.41, 5.74) is 6.32. The van der Waals surface area contributed by atoms with E-state index in [1.54, 1.807) is 52.0 Å². The lowest BCUT2D eigenvalue weighted by Gasteiger charge is -2.26. The molecule has 3 atom stereocenters. The van der Waals surface area contributed by atoms with Crippen LogP contribution in [0.5, 0.6) is 0 Å². The van der Waals surface area contributed by atoms with Crippen molar-refractivity contribution in [1.82, 2.24) is 15.5 Å². The van der Waals surface area contributed by atoms with Crippen molar-refractivity contribution in [3.8, 4) is 0 Å². The Labute approximate surface area is 373 Å². The highest BCUT2D eigenvalue weighted by Crippen LogP contribution is 2.21. The Morgan fingerprint density at radius 3 is 1.83 bits per heavy atom. The van der Waals surface area contributed by atoms with Crippen LogP contribution in [0, 0.1) is 23.7 Å². The third kappa shape index (κ3) is 22.7. The van der Waals surface area contributed by atoms with Crippen LogP contribution in [0.3, 0.4) is 0 Å². The predicted molar refractivity (Wildman–Crippen MR) is 230 cm³/mol. The van der Waals surface area contributed by atoms with Crippen LogP contribution in [0.2, 0.25) is 0 Å². The Morgan fingerprint density at radius 1 is 0.719 bits per heavy atom.